The molecule has 12 heavy (non-hydrogen) atoms. The average Bonchev–Trinajstić information content (AvgIpc) is 2.17. The molecule has 1 heterocycles. The Morgan fingerprint density at radius 2 is 2.17 bits per heavy atom. The molecule has 0 aliphatic carbocycles. The van der Waals surface area contributed by atoms with Gasteiger partial charge < -0.3 is 15.4 Å². The molecule has 0 atom stereocenters. The fraction of sp³-hybridized carbons (Fsp3) is 0.875. The molecule has 4 nitrogen and oxygen atoms in total. The summed E-state index contributed by atoms with van der Waals surface area (Å²) in [5, 5.41) is 0. The van der Waals surface area contributed by atoms with E-state index in [1.54, 1.807) is 4.90 Å². The number of ether oxygens (including phenoxy) is 1. The van der Waals surface area contributed by atoms with Crippen LogP contribution in [0.1, 0.15) is 12.8 Å². The van der Waals surface area contributed by atoms with Crippen molar-refractivity contribution in [3.63, 3.8) is 0 Å². The Hall–Kier alpha value is -0.770. The summed E-state index contributed by atoms with van der Waals surface area (Å²) in [5.41, 5.74) is 5.52. The third-order valence-corrected chi connectivity index (χ3v) is 2.38. The minimum Gasteiger partial charge on any atom is -0.453 e. The number of hydrogen-bond donors (Lipinski definition) is 1. The molecule has 70 valence electrons. The summed E-state index contributed by atoms with van der Waals surface area (Å²) in [6, 6.07) is 0. The smallest absolute Gasteiger partial charge is 0.409 e. The maximum Gasteiger partial charge on any atom is 0.409 e. The van der Waals surface area contributed by atoms with Crippen LogP contribution in [0.2, 0.25) is 0 Å². The van der Waals surface area contributed by atoms with Crippen LogP contribution in [-0.4, -0.2) is 37.7 Å². The van der Waals surface area contributed by atoms with Gasteiger partial charge in [-0.3, -0.25) is 0 Å². The maximum absolute atomic E-state index is 11.0. The highest BCUT2D eigenvalue weighted by Crippen LogP contribution is 2.15. The number of nitrogens with zero attached hydrogens (tertiary/aromatic N) is 1. The van der Waals surface area contributed by atoms with Gasteiger partial charge in [0.1, 0.15) is 0 Å². The average molecular weight is 172 g/mol. The van der Waals surface area contributed by atoms with Gasteiger partial charge in [-0.05, 0) is 25.3 Å². The van der Waals surface area contributed by atoms with Crippen LogP contribution >= 0.6 is 0 Å². The van der Waals surface area contributed by atoms with E-state index in [0.29, 0.717) is 5.92 Å². The van der Waals surface area contributed by atoms with Crippen molar-refractivity contribution < 1.29 is 9.53 Å². The van der Waals surface area contributed by atoms with Crippen LogP contribution in [-0.2, 0) is 4.74 Å². The molecule has 0 aromatic heterocycles. The number of nitrogens with two attached hydrogens (primary N) is 1. The van der Waals surface area contributed by atoms with Crippen molar-refractivity contribution in [3.8, 4) is 0 Å². The molecular formula is C8H16N2O2. The predicted molar refractivity (Wildman–Crippen MR) is 45.8 cm³/mol. The van der Waals surface area contributed by atoms with Crippen LogP contribution in [0.25, 0.3) is 0 Å². The lowest BCUT2D eigenvalue weighted by Gasteiger charge is -2.30. The molecule has 2 N–H and O–H groups in total. The zero-order valence-electron chi connectivity index (χ0n) is 7.45. The zero-order valence-corrected chi connectivity index (χ0v) is 7.45. The molecule has 4 heteroatoms. The van der Waals surface area contributed by atoms with Gasteiger partial charge in [0, 0.05) is 13.1 Å². The second-order valence-corrected chi connectivity index (χ2v) is 3.14. The van der Waals surface area contributed by atoms with Gasteiger partial charge in [-0.2, -0.15) is 0 Å². The summed E-state index contributed by atoms with van der Waals surface area (Å²) in [6.07, 6.45) is 1.79. The number of hydrogen-bond acceptors (Lipinski definition) is 3. The van der Waals surface area contributed by atoms with Crippen molar-refractivity contribution in [1.82, 2.24) is 4.90 Å². The maximum atomic E-state index is 11.0. The SMILES string of the molecule is COC(=O)N1CCC(CN)CC1. The van der Waals surface area contributed by atoms with Crippen molar-refractivity contribution in [3.05, 3.63) is 0 Å². The largest absolute Gasteiger partial charge is 0.453 e. The van der Waals surface area contributed by atoms with E-state index >= 15 is 0 Å². The monoisotopic (exact) mass is 172 g/mol. The van der Waals surface area contributed by atoms with Crippen LogP contribution in [0.5, 0.6) is 0 Å². The Balaban J connectivity index is 2.30. The van der Waals surface area contributed by atoms with Gasteiger partial charge in [0.25, 0.3) is 0 Å². The van der Waals surface area contributed by atoms with E-state index in [1.165, 1.54) is 7.11 Å². The Morgan fingerprint density at radius 3 is 2.58 bits per heavy atom. The lowest BCUT2D eigenvalue weighted by atomic mass is 9.97. The zero-order chi connectivity index (χ0) is 8.97. The molecule has 1 aliphatic heterocycles. The molecule has 1 rings (SSSR count). The van der Waals surface area contributed by atoms with Gasteiger partial charge in [-0.15, -0.1) is 0 Å². The van der Waals surface area contributed by atoms with Crippen molar-refractivity contribution in [2.45, 2.75) is 12.8 Å². The first kappa shape index (κ1) is 9.32. The molecule has 0 saturated carbocycles. The molecule has 0 spiro atoms. The van der Waals surface area contributed by atoms with Gasteiger partial charge in [-0.1, -0.05) is 0 Å². The number of piperidine rings is 1. The number of methoxy groups -OCH3 is 1. The first-order chi connectivity index (χ1) is 5.77. The van der Waals surface area contributed by atoms with E-state index in [9.17, 15) is 4.79 Å². The van der Waals surface area contributed by atoms with Crippen molar-refractivity contribution in [2.24, 2.45) is 11.7 Å². The number of carbonyl (C=O) groups is 1. The van der Waals surface area contributed by atoms with Crippen molar-refractivity contribution in [1.29, 1.82) is 0 Å². The third-order valence-electron chi connectivity index (χ3n) is 2.38. The molecular weight excluding hydrogens is 156 g/mol. The van der Waals surface area contributed by atoms with E-state index in [0.717, 1.165) is 32.5 Å². The Labute approximate surface area is 72.7 Å². The molecule has 1 aliphatic rings. The summed E-state index contributed by atoms with van der Waals surface area (Å²) in [7, 11) is 1.41. The highest BCUT2D eigenvalue weighted by molar-refractivity contribution is 5.67. The van der Waals surface area contributed by atoms with Crippen LogP contribution in [0, 0.1) is 5.92 Å². The van der Waals surface area contributed by atoms with Gasteiger partial charge >= 0.3 is 6.09 Å². The minimum atomic E-state index is -0.217. The van der Waals surface area contributed by atoms with E-state index < -0.39 is 0 Å². The summed E-state index contributed by atoms with van der Waals surface area (Å²) in [6.45, 7) is 2.30. The second-order valence-electron chi connectivity index (χ2n) is 3.14. The summed E-state index contributed by atoms with van der Waals surface area (Å²) in [4.78, 5) is 12.8. The van der Waals surface area contributed by atoms with E-state index in [4.69, 9.17) is 5.73 Å². The molecule has 1 amide bonds. The molecule has 0 aromatic rings. The Bertz CT molecular complexity index is 153. The lowest BCUT2D eigenvalue weighted by molar-refractivity contribution is 0.107. The third kappa shape index (κ3) is 2.11. The lowest BCUT2D eigenvalue weighted by Crippen LogP contribution is -2.39. The number of amides is 1. The quantitative estimate of drug-likeness (QED) is 0.623. The number of rotatable bonds is 1. The number of likely N-dealkylation sites (tertiary alicyclic amines) is 1. The van der Waals surface area contributed by atoms with Crippen molar-refractivity contribution in [2.75, 3.05) is 26.7 Å². The number of carbonyl (C=O) groups excluding carboxylic acids is 1. The standard InChI is InChI=1S/C8H16N2O2/c1-12-8(11)10-4-2-7(6-9)3-5-10/h7H,2-6,9H2,1H3. The Kier molecular flexibility index (Phi) is 3.34. The molecule has 1 fully saturated rings. The summed E-state index contributed by atoms with van der Waals surface area (Å²) >= 11 is 0. The van der Waals surface area contributed by atoms with Crippen LogP contribution in [0.3, 0.4) is 0 Å². The van der Waals surface area contributed by atoms with E-state index in [2.05, 4.69) is 4.74 Å². The van der Waals surface area contributed by atoms with E-state index in [1.807, 2.05) is 0 Å². The normalized spacial score (nSPS) is 19.3. The first-order valence-corrected chi connectivity index (χ1v) is 4.31. The second kappa shape index (κ2) is 4.30. The van der Waals surface area contributed by atoms with Gasteiger partial charge in [0.2, 0.25) is 0 Å². The topological polar surface area (TPSA) is 55.6 Å². The predicted octanol–water partition coefficient (Wildman–Crippen LogP) is 0.423. The fourth-order valence-corrected chi connectivity index (χ4v) is 1.48. The van der Waals surface area contributed by atoms with Gasteiger partial charge in [0.05, 0.1) is 7.11 Å². The highest BCUT2D eigenvalue weighted by atomic mass is 16.5. The molecule has 0 aromatic carbocycles. The molecule has 0 radical (unpaired) electrons. The van der Waals surface area contributed by atoms with Crippen LogP contribution in [0.4, 0.5) is 4.79 Å². The van der Waals surface area contributed by atoms with E-state index in [-0.39, 0.29) is 6.09 Å². The molecule has 0 unspecified atom stereocenters. The summed E-state index contributed by atoms with van der Waals surface area (Å²) < 4.78 is 4.61. The molecule has 0 bridgehead atoms. The van der Waals surface area contributed by atoms with Crippen LogP contribution < -0.4 is 5.73 Å². The minimum absolute atomic E-state index is 0.217. The van der Waals surface area contributed by atoms with Crippen LogP contribution in [0.15, 0.2) is 0 Å². The fourth-order valence-electron chi connectivity index (χ4n) is 1.48. The highest BCUT2D eigenvalue weighted by Gasteiger charge is 2.21. The van der Waals surface area contributed by atoms with Crippen molar-refractivity contribution >= 4 is 6.09 Å². The first-order valence-electron chi connectivity index (χ1n) is 4.31. The van der Waals surface area contributed by atoms with Gasteiger partial charge in [-0.25, -0.2) is 4.79 Å². The molecule has 1 saturated heterocycles. The summed E-state index contributed by atoms with van der Waals surface area (Å²) in [5.74, 6) is 0.589. The van der Waals surface area contributed by atoms with Gasteiger partial charge in [0.15, 0.2) is 0 Å². The Morgan fingerprint density at radius 1 is 1.58 bits per heavy atom.